The quantitative estimate of drug-likeness (QED) is 0.818. The third-order valence-corrected chi connectivity index (χ3v) is 3.31. The van der Waals surface area contributed by atoms with Crippen molar-refractivity contribution >= 4 is 5.91 Å². The summed E-state index contributed by atoms with van der Waals surface area (Å²) in [7, 11) is 0. The number of hydrogen-bond donors (Lipinski definition) is 2. The summed E-state index contributed by atoms with van der Waals surface area (Å²) in [6.45, 7) is 6.87. The molecule has 1 aromatic carbocycles. The van der Waals surface area contributed by atoms with Crippen molar-refractivity contribution in [1.82, 2.24) is 5.32 Å². The molecule has 0 bridgehead atoms. The Morgan fingerprint density at radius 1 is 1.47 bits per heavy atom. The van der Waals surface area contributed by atoms with Crippen molar-refractivity contribution in [3.05, 3.63) is 35.4 Å². The number of rotatable bonds is 5. The fraction of sp³-hybridized carbons (Fsp3) is 0.500. The molecule has 0 saturated carbocycles. The molecular weight excluding hydrogens is 212 g/mol. The fourth-order valence-corrected chi connectivity index (χ4v) is 1.62. The third kappa shape index (κ3) is 3.56. The van der Waals surface area contributed by atoms with Gasteiger partial charge in [-0.3, -0.25) is 4.79 Å². The molecule has 1 unspecified atom stereocenters. The normalized spacial score (nSPS) is 14.1. The Kier molecular flexibility index (Phi) is 4.70. The number of aryl methyl sites for hydroxylation is 1. The number of nitrogens with one attached hydrogen (secondary N) is 1. The molecule has 3 nitrogen and oxygen atoms in total. The van der Waals surface area contributed by atoms with E-state index in [1.165, 1.54) is 5.56 Å². The van der Waals surface area contributed by atoms with Crippen molar-refractivity contribution in [1.29, 1.82) is 0 Å². The monoisotopic (exact) mass is 234 g/mol. The molecule has 1 atom stereocenters. The van der Waals surface area contributed by atoms with Gasteiger partial charge in [0, 0.05) is 13.1 Å². The summed E-state index contributed by atoms with van der Waals surface area (Å²) in [5.74, 6) is 0.0315. The third-order valence-electron chi connectivity index (χ3n) is 3.31. The second kappa shape index (κ2) is 5.82. The van der Waals surface area contributed by atoms with Crippen molar-refractivity contribution in [2.75, 3.05) is 6.54 Å². The highest BCUT2D eigenvalue weighted by molar-refractivity contribution is 5.82. The van der Waals surface area contributed by atoms with Gasteiger partial charge in [-0.25, -0.2) is 0 Å². The summed E-state index contributed by atoms with van der Waals surface area (Å²) in [6, 6.07) is 8.13. The van der Waals surface area contributed by atoms with Crippen molar-refractivity contribution in [3.8, 4) is 0 Å². The van der Waals surface area contributed by atoms with Crippen LogP contribution in [0.5, 0.6) is 0 Å². The molecule has 94 valence electrons. The highest BCUT2D eigenvalue weighted by Gasteiger charge is 2.29. The second-order valence-electron chi connectivity index (χ2n) is 4.79. The van der Waals surface area contributed by atoms with E-state index in [2.05, 4.69) is 11.4 Å². The number of hydrogen-bond acceptors (Lipinski definition) is 2. The maximum absolute atomic E-state index is 12.0. The summed E-state index contributed by atoms with van der Waals surface area (Å²) >= 11 is 0. The molecule has 0 fully saturated rings. The lowest BCUT2D eigenvalue weighted by atomic mass is 9.86. The fourth-order valence-electron chi connectivity index (χ4n) is 1.62. The standard InChI is InChI=1S/C14H22N2O/c1-4-14(3,10-15)13(17)16-9-12-7-5-6-11(2)8-12/h5-8H,4,9-10,15H2,1-3H3,(H,16,17). The molecule has 0 aromatic heterocycles. The van der Waals surface area contributed by atoms with E-state index in [1.54, 1.807) is 0 Å². The minimum Gasteiger partial charge on any atom is -0.352 e. The smallest absolute Gasteiger partial charge is 0.227 e. The van der Waals surface area contributed by atoms with Crippen LogP contribution in [0.2, 0.25) is 0 Å². The van der Waals surface area contributed by atoms with E-state index in [0.717, 1.165) is 12.0 Å². The Morgan fingerprint density at radius 3 is 2.71 bits per heavy atom. The minimum atomic E-state index is -0.455. The molecule has 1 amide bonds. The van der Waals surface area contributed by atoms with Crippen LogP contribution >= 0.6 is 0 Å². The molecule has 0 spiro atoms. The van der Waals surface area contributed by atoms with Gasteiger partial charge in [0.15, 0.2) is 0 Å². The zero-order valence-electron chi connectivity index (χ0n) is 10.9. The van der Waals surface area contributed by atoms with Gasteiger partial charge in [0.05, 0.1) is 5.41 Å². The lowest BCUT2D eigenvalue weighted by molar-refractivity contribution is -0.130. The Hall–Kier alpha value is -1.35. The van der Waals surface area contributed by atoms with Gasteiger partial charge in [-0.15, -0.1) is 0 Å². The van der Waals surface area contributed by atoms with Crippen LogP contribution in [-0.4, -0.2) is 12.5 Å². The zero-order valence-corrected chi connectivity index (χ0v) is 10.9. The van der Waals surface area contributed by atoms with E-state index in [9.17, 15) is 4.79 Å². The highest BCUT2D eigenvalue weighted by atomic mass is 16.2. The Balaban J connectivity index is 2.59. The van der Waals surface area contributed by atoms with E-state index < -0.39 is 5.41 Å². The Morgan fingerprint density at radius 2 is 2.18 bits per heavy atom. The SMILES string of the molecule is CCC(C)(CN)C(=O)NCc1cccc(C)c1. The van der Waals surface area contributed by atoms with Crippen molar-refractivity contribution in [2.45, 2.75) is 33.7 Å². The van der Waals surface area contributed by atoms with Gasteiger partial charge in [-0.05, 0) is 25.8 Å². The van der Waals surface area contributed by atoms with Crippen molar-refractivity contribution in [3.63, 3.8) is 0 Å². The molecular formula is C14H22N2O. The largest absolute Gasteiger partial charge is 0.352 e. The van der Waals surface area contributed by atoms with Crippen LogP contribution in [0.25, 0.3) is 0 Å². The van der Waals surface area contributed by atoms with Crippen molar-refractivity contribution in [2.24, 2.45) is 11.1 Å². The van der Waals surface area contributed by atoms with Gasteiger partial charge >= 0.3 is 0 Å². The average Bonchev–Trinajstić information content (AvgIpc) is 2.35. The second-order valence-corrected chi connectivity index (χ2v) is 4.79. The van der Waals surface area contributed by atoms with Crippen LogP contribution < -0.4 is 11.1 Å². The molecule has 0 aliphatic rings. The van der Waals surface area contributed by atoms with E-state index >= 15 is 0 Å². The molecule has 1 aromatic rings. The molecule has 17 heavy (non-hydrogen) atoms. The number of benzene rings is 1. The van der Waals surface area contributed by atoms with Crippen LogP contribution in [0.4, 0.5) is 0 Å². The Labute approximate surface area is 103 Å². The van der Waals surface area contributed by atoms with Crippen LogP contribution in [-0.2, 0) is 11.3 Å². The summed E-state index contributed by atoms with van der Waals surface area (Å²) in [6.07, 6.45) is 0.753. The summed E-state index contributed by atoms with van der Waals surface area (Å²) in [5, 5.41) is 2.95. The predicted octanol–water partition coefficient (Wildman–Crippen LogP) is 1.99. The first-order valence-corrected chi connectivity index (χ1v) is 6.06. The van der Waals surface area contributed by atoms with Crippen LogP contribution in [0.3, 0.4) is 0 Å². The molecule has 1 rings (SSSR count). The lowest BCUT2D eigenvalue weighted by Crippen LogP contribution is -2.43. The molecule has 0 aliphatic carbocycles. The predicted molar refractivity (Wildman–Crippen MR) is 70.5 cm³/mol. The first-order valence-electron chi connectivity index (χ1n) is 6.06. The minimum absolute atomic E-state index is 0.0315. The lowest BCUT2D eigenvalue weighted by Gasteiger charge is -2.25. The number of carbonyl (C=O) groups excluding carboxylic acids is 1. The molecule has 0 heterocycles. The van der Waals surface area contributed by atoms with E-state index in [1.807, 2.05) is 39.0 Å². The zero-order chi connectivity index (χ0) is 12.9. The van der Waals surface area contributed by atoms with Crippen LogP contribution in [0.15, 0.2) is 24.3 Å². The summed E-state index contributed by atoms with van der Waals surface area (Å²) < 4.78 is 0. The number of amides is 1. The Bertz CT molecular complexity index is 384. The molecule has 3 N–H and O–H groups in total. The van der Waals surface area contributed by atoms with Gasteiger partial charge in [-0.2, -0.15) is 0 Å². The first-order chi connectivity index (χ1) is 8.01. The van der Waals surface area contributed by atoms with Crippen LogP contribution in [0, 0.1) is 12.3 Å². The first kappa shape index (κ1) is 13.7. The number of nitrogens with two attached hydrogens (primary N) is 1. The molecule has 0 radical (unpaired) electrons. The van der Waals surface area contributed by atoms with Crippen molar-refractivity contribution < 1.29 is 4.79 Å². The van der Waals surface area contributed by atoms with Gasteiger partial charge in [-0.1, -0.05) is 36.8 Å². The van der Waals surface area contributed by atoms with Gasteiger partial charge in [0.2, 0.25) is 5.91 Å². The maximum Gasteiger partial charge on any atom is 0.227 e. The topological polar surface area (TPSA) is 55.1 Å². The molecule has 0 saturated heterocycles. The highest BCUT2D eigenvalue weighted by Crippen LogP contribution is 2.19. The van der Waals surface area contributed by atoms with Gasteiger partial charge < -0.3 is 11.1 Å². The summed E-state index contributed by atoms with van der Waals surface area (Å²) in [5.41, 5.74) is 7.52. The van der Waals surface area contributed by atoms with E-state index in [-0.39, 0.29) is 5.91 Å². The van der Waals surface area contributed by atoms with Gasteiger partial charge in [0.25, 0.3) is 0 Å². The van der Waals surface area contributed by atoms with Crippen LogP contribution in [0.1, 0.15) is 31.4 Å². The molecule has 3 heteroatoms. The summed E-state index contributed by atoms with van der Waals surface area (Å²) in [4.78, 5) is 12.0. The average molecular weight is 234 g/mol. The number of carbonyl (C=O) groups is 1. The van der Waals surface area contributed by atoms with E-state index in [4.69, 9.17) is 5.73 Å². The van der Waals surface area contributed by atoms with E-state index in [0.29, 0.717) is 13.1 Å². The van der Waals surface area contributed by atoms with Gasteiger partial charge in [0.1, 0.15) is 0 Å². The molecule has 0 aliphatic heterocycles. The maximum atomic E-state index is 12.0.